The minimum atomic E-state index is -0.00130. The normalized spacial score (nSPS) is 9.63. The molecule has 0 saturated heterocycles. The highest BCUT2D eigenvalue weighted by atomic mass is 35.5. The van der Waals surface area contributed by atoms with E-state index in [1.807, 2.05) is 62.4 Å². The predicted octanol–water partition coefficient (Wildman–Crippen LogP) is 5.04. The summed E-state index contributed by atoms with van der Waals surface area (Å²) in [5.74, 6) is 0. The Morgan fingerprint density at radius 1 is 0.895 bits per heavy atom. The van der Waals surface area contributed by atoms with Crippen LogP contribution < -0.4 is 4.90 Å². The molecule has 0 radical (unpaired) electrons. The zero-order chi connectivity index (χ0) is 13.1. The van der Waals surface area contributed by atoms with Crippen LogP contribution in [0.3, 0.4) is 0 Å². The van der Waals surface area contributed by atoms with Crippen molar-refractivity contribution in [1.82, 2.24) is 0 Å². The van der Waals surface area contributed by atoms with Crippen molar-refractivity contribution in [3.8, 4) is 0 Å². The Labute approximate surface area is 124 Å². The molecule has 2 rings (SSSR count). The number of benzene rings is 2. The minimum absolute atomic E-state index is 0. The lowest BCUT2D eigenvalue weighted by atomic mass is 10.1. The number of nitrogens with one attached hydrogen (secondary N) is 1. The Morgan fingerprint density at radius 2 is 1.26 bits per heavy atom. The Balaban J connectivity index is 0.00000180. The molecule has 0 spiro atoms. The average molecular weight is 295 g/mol. The fourth-order valence-corrected chi connectivity index (χ4v) is 2.15. The van der Waals surface area contributed by atoms with Gasteiger partial charge in [-0.25, -0.2) is 0 Å². The molecular weight excluding hydrogens is 279 g/mol. The molecule has 0 aromatic heterocycles. The van der Waals surface area contributed by atoms with Gasteiger partial charge in [0.25, 0.3) is 0 Å². The fraction of sp³-hybridized carbons (Fsp3) is 0.133. The lowest BCUT2D eigenvalue weighted by Gasteiger charge is -2.25. The number of rotatable bonds is 2. The van der Waals surface area contributed by atoms with Gasteiger partial charge in [0.1, 0.15) is 0 Å². The van der Waals surface area contributed by atoms with Crippen molar-refractivity contribution in [2.75, 3.05) is 4.90 Å². The number of nitrogens with zero attached hydrogens (tertiary/aromatic N) is 1. The second kappa shape index (κ2) is 6.60. The van der Waals surface area contributed by atoms with Crippen molar-refractivity contribution in [2.45, 2.75) is 13.8 Å². The summed E-state index contributed by atoms with van der Waals surface area (Å²) in [5, 5.41) is 7.81. The van der Waals surface area contributed by atoms with Crippen LogP contribution in [0.5, 0.6) is 0 Å². The minimum Gasteiger partial charge on any atom is -0.285 e. The molecule has 0 aliphatic heterocycles. The Hall–Kier alpha value is -1.51. The van der Waals surface area contributed by atoms with Crippen LogP contribution in [-0.2, 0) is 0 Å². The van der Waals surface area contributed by atoms with Gasteiger partial charge in [0, 0.05) is 0 Å². The van der Waals surface area contributed by atoms with Gasteiger partial charge in [-0.1, -0.05) is 36.4 Å². The van der Waals surface area contributed by atoms with Gasteiger partial charge in [0.2, 0.25) is 0 Å². The summed E-state index contributed by atoms with van der Waals surface area (Å²) in [6.45, 7) is 4.03. The molecule has 0 saturated carbocycles. The van der Waals surface area contributed by atoms with Gasteiger partial charge >= 0.3 is 0 Å². The van der Waals surface area contributed by atoms with Crippen LogP contribution >= 0.6 is 24.0 Å². The van der Waals surface area contributed by atoms with E-state index in [0.29, 0.717) is 0 Å². The molecule has 0 atom stereocenters. The molecule has 100 valence electrons. The molecule has 0 fully saturated rings. The van der Waals surface area contributed by atoms with E-state index in [1.54, 1.807) is 4.90 Å². The summed E-state index contributed by atoms with van der Waals surface area (Å²) >= 11 is 5.97. The van der Waals surface area contributed by atoms with E-state index in [9.17, 15) is 0 Å². The zero-order valence-electron chi connectivity index (χ0n) is 10.9. The van der Waals surface area contributed by atoms with E-state index < -0.39 is 0 Å². The van der Waals surface area contributed by atoms with Crippen LogP contribution in [0.1, 0.15) is 11.1 Å². The maximum Gasteiger partial charge on any atom is 0.200 e. The third kappa shape index (κ3) is 3.28. The van der Waals surface area contributed by atoms with Crippen LogP contribution in [-0.4, -0.2) is 5.29 Å². The topological polar surface area (TPSA) is 27.1 Å². The molecule has 2 aromatic rings. The summed E-state index contributed by atoms with van der Waals surface area (Å²) in [7, 11) is 0. The molecule has 0 aliphatic carbocycles. The first-order chi connectivity index (χ1) is 8.61. The molecule has 1 N–H and O–H groups in total. The van der Waals surface area contributed by atoms with Crippen LogP contribution in [0.4, 0.5) is 11.4 Å². The third-order valence-electron chi connectivity index (χ3n) is 2.91. The summed E-state index contributed by atoms with van der Waals surface area (Å²) in [6, 6.07) is 15.8. The van der Waals surface area contributed by atoms with E-state index in [4.69, 9.17) is 17.0 Å². The molecule has 19 heavy (non-hydrogen) atoms. The van der Waals surface area contributed by atoms with Gasteiger partial charge in [0.05, 0.1) is 11.4 Å². The van der Waals surface area contributed by atoms with Crippen LogP contribution in [0.2, 0.25) is 0 Å². The number of halogens is 2. The lowest BCUT2D eigenvalue weighted by Crippen LogP contribution is -2.21. The number of anilines is 2. The molecular formula is C15H16Cl2N2. The van der Waals surface area contributed by atoms with Crippen LogP contribution in [0, 0.1) is 19.3 Å². The molecule has 0 bridgehead atoms. The van der Waals surface area contributed by atoms with Crippen molar-refractivity contribution in [1.29, 1.82) is 5.41 Å². The highest BCUT2D eigenvalue weighted by Gasteiger charge is 2.16. The first-order valence-corrected chi connectivity index (χ1v) is 6.14. The highest BCUT2D eigenvalue weighted by molar-refractivity contribution is 6.67. The fourth-order valence-electron chi connectivity index (χ4n) is 1.97. The third-order valence-corrected chi connectivity index (χ3v) is 3.08. The molecule has 2 aromatic carbocycles. The van der Waals surface area contributed by atoms with E-state index in [0.717, 1.165) is 22.5 Å². The van der Waals surface area contributed by atoms with Crippen molar-refractivity contribution < 1.29 is 0 Å². The molecule has 0 heterocycles. The standard InChI is InChI=1S/C15H15ClN2.ClH/c1-11-7-3-5-9-13(11)18(15(16)17)14-10-6-4-8-12(14)2;/h3-10,17H,1-2H3;1H. The molecule has 2 nitrogen and oxygen atoms in total. The van der Waals surface area contributed by atoms with Gasteiger partial charge in [0.15, 0.2) is 5.29 Å². The van der Waals surface area contributed by atoms with E-state index in [1.165, 1.54) is 0 Å². The second-order valence-corrected chi connectivity index (χ2v) is 4.56. The SMILES string of the molecule is Cc1ccccc1N(C(=N)Cl)c1ccccc1C.Cl. The average Bonchev–Trinajstić information content (AvgIpc) is 2.34. The second-order valence-electron chi connectivity index (χ2n) is 4.20. The monoisotopic (exact) mass is 294 g/mol. The van der Waals surface area contributed by atoms with Crippen molar-refractivity contribution in [3.63, 3.8) is 0 Å². The number of para-hydroxylation sites is 2. The molecule has 0 unspecified atom stereocenters. The maximum absolute atomic E-state index is 7.81. The number of amidine groups is 1. The summed E-state index contributed by atoms with van der Waals surface area (Å²) in [5.41, 5.74) is 4.05. The Kier molecular flexibility index (Phi) is 5.40. The predicted molar refractivity (Wildman–Crippen MR) is 85.3 cm³/mol. The van der Waals surface area contributed by atoms with Gasteiger partial charge in [-0.2, -0.15) is 0 Å². The maximum atomic E-state index is 7.81. The van der Waals surface area contributed by atoms with Crippen molar-refractivity contribution in [3.05, 3.63) is 59.7 Å². The summed E-state index contributed by atoms with van der Waals surface area (Å²) in [4.78, 5) is 1.76. The molecule has 4 heteroatoms. The Bertz CT molecular complexity index is 536. The van der Waals surface area contributed by atoms with Crippen molar-refractivity contribution in [2.24, 2.45) is 0 Å². The highest BCUT2D eigenvalue weighted by Crippen LogP contribution is 2.31. The van der Waals surface area contributed by atoms with E-state index >= 15 is 0 Å². The molecule has 0 amide bonds. The first kappa shape index (κ1) is 15.5. The van der Waals surface area contributed by atoms with Gasteiger partial charge in [-0.3, -0.25) is 10.3 Å². The summed E-state index contributed by atoms with van der Waals surface area (Å²) < 4.78 is 0. The van der Waals surface area contributed by atoms with Crippen molar-refractivity contribution >= 4 is 40.7 Å². The largest absolute Gasteiger partial charge is 0.285 e. The van der Waals surface area contributed by atoms with E-state index in [-0.39, 0.29) is 17.7 Å². The molecule has 0 aliphatic rings. The van der Waals surface area contributed by atoms with Gasteiger partial charge in [-0.15, -0.1) is 12.4 Å². The smallest absolute Gasteiger partial charge is 0.200 e. The Morgan fingerprint density at radius 3 is 1.58 bits per heavy atom. The van der Waals surface area contributed by atoms with Crippen LogP contribution in [0.15, 0.2) is 48.5 Å². The number of hydrogen-bond acceptors (Lipinski definition) is 1. The van der Waals surface area contributed by atoms with E-state index in [2.05, 4.69) is 0 Å². The quantitative estimate of drug-likeness (QED) is 0.469. The number of aryl methyl sites for hydroxylation is 2. The van der Waals surface area contributed by atoms with Gasteiger partial charge < -0.3 is 0 Å². The lowest BCUT2D eigenvalue weighted by molar-refractivity contribution is 1.26. The zero-order valence-corrected chi connectivity index (χ0v) is 12.4. The van der Waals surface area contributed by atoms with Gasteiger partial charge in [-0.05, 0) is 48.7 Å². The number of hydrogen-bond donors (Lipinski definition) is 1. The van der Waals surface area contributed by atoms with Crippen LogP contribution in [0.25, 0.3) is 0 Å². The summed E-state index contributed by atoms with van der Waals surface area (Å²) in [6.07, 6.45) is 0. The first-order valence-electron chi connectivity index (χ1n) is 5.76.